The van der Waals surface area contributed by atoms with Crippen LogP contribution in [0.15, 0.2) is 21.7 Å². The Hall–Kier alpha value is -1.65. The van der Waals surface area contributed by atoms with Gasteiger partial charge in [0, 0.05) is 26.2 Å². The second-order valence-electron chi connectivity index (χ2n) is 6.35. The molecule has 8 nitrogen and oxygen atoms in total. The molecule has 0 saturated carbocycles. The molecule has 0 aliphatic carbocycles. The molecule has 25 heavy (non-hydrogen) atoms. The molecule has 3 N–H and O–H groups in total. The molecule has 0 aromatic carbocycles. The molecule has 1 atom stereocenters. The van der Waals surface area contributed by atoms with E-state index in [0.717, 1.165) is 0 Å². The van der Waals surface area contributed by atoms with Crippen molar-refractivity contribution < 1.29 is 18.0 Å². The third kappa shape index (κ3) is 4.93. The van der Waals surface area contributed by atoms with E-state index >= 15 is 0 Å². The molecule has 0 radical (unpaired) electrons. The summed E-state index contributed by atoms with van der Waals surface area (Å²) in [5, 5.41) is 4.21. The highest BCUT2D eigenvalue weighted by Gasteiger charge is 2.33. The zero-order valence-corrected chi connectivity index (χ0v) is 16.0. The van der Waals surface area contributed by atoms with Crippen LogP contribution >= 0.6 is 11.3 Å². The molecule has 2 rings (SSSR count). The van der Waals surface area contributed by atoms with Crippen LogP contribution in [0, 0.1) is 5.92 Å². The lowest BCUT2D eigenvalue weighted by molar-refractivity contribution is -0.134. The number of rotatable bonds is 6. The van der Waals surface area contributed by atoms with Crippen molar-refractivity contribution in [2.24, 2.45) is 11.7 Å². The van der Waals surface area contributed by atoms with Crippen LogP contribution in [0.5, 0.6) is 0 Å². The van der Waals surface area contributed by atoms with Crippen molar-refractivity contribution in [3.8, 4) is 0 Å². The number of hydrogen-bond acceptors (Lipinski definition) is 5. The van der Waals surface area contributed by atoms with E-state index in [1.807, 2.05) is 13.8 Å². The van der Waals surface area contributed by atoms with Crippen LogP contribution in [0.3, 0.4) is 0 Å². The van der Waals surface area contributed by atoms with Gasteiger partial charge in [0.2, 0.25) is 5.91 Å². The van der Waals surface area contributed by atoms with Crippen LogP contribution in [0.4, 0.5) is 4.79 Å². The fourth-order valence-electron chi connectivity index (χ4n) is 2.77. The number of carbonyl (C=O) groups is 2. The van der Waals surface area contributed by atoms with E-state index < -0.39 is 22.1 Å². The SMILES string of the molecule is CC(C)C[C@@H](NC(N)=O)C(=O)N1CCN(S(=O)(=O)c2cccs2)CC1. The number of nitrogens with zero attached hydrogens (tertiary/aromatic N) is 2. The van der Waals surface area contributed by atoms with Gasteiger partial charge in [-0.3, -0.25) is 4.79 Å². The van der Waals surface area contributed by atoms with Gasteiger partial charge in [0.25, 0.3) is 10.0 Å². The van der Waals surface area contributed by atoms with Crippen molar-refractivity contribution in [2.45, 2.75) is 30.5 Å². The lowest BCUT2D eigenvalue weighted by atomic mass is 10.0. The van der Waals surface area contributed by atoms with E-state index in [0.29, 0.717) is 23.7 Å². The number of amides is 3. The number of thiophene rings is 1. The van der Waals surface area contributed by atoms with Crippen LogP contribution in [0.25, 0.3) is 0 Å². The number of hydrogen-bond donors (Lipinski definition) is 2. The summed E-state index contributed by atoms with van der Waals surface area (Å²) in [6, 6.07) is 1.85. The molecular weight excluding hydrogens is 364 g/mol. The quantitative estimate of drug-likeness (QED) is 0.745. The predicted molar refractivity (Wildman–Crippen MR) is 95.6 cm³/mol. The summed E-state index contributed by atoms with van der Waals surface area (Å²) in [5.41, 5.74) is 5.16. The highest BCUT2D eigenvalue weighted by atomic mass is 32.2. The number of sulfonamides is 1. The van der Waals surface area contributed by atoms with E-state index in [4.69, 9.17) is 5.73 Å². The van der Waals surface area contributed by atoms with Crippen molar-refractivity contribution in [1.82, 2.24) is 14.5 Å². The number of urea groups is 1. The van der Waals surface area contributed by atoms with Crippen molar-refractivity contribution in [1.29, 1.82) is 0 Å². The molecule has 2 heterocycles. The van der Waals surface area contributed by atoms with Gasteiger partial charge in [0.1, 0.15) is 10.3 Å². The summed E-state index contributed by atoms with van der Waals surface area (Å²) in [6.07, 6.45) is 0.482. The van der Waals surface area contributed by atoms with Crippen LogP contribution in [0.2, 0.25) is 0 Å². The minimum atomic E-state index is -3.50. The Kier molecular flexibility index (Phi) is 6.42. The van der Waals surface area contributed by atoms with Gasteiger partial charge in [-0.15, -0.1) is 11.3 Å². The second kappa shape index (κ2) is 8.15. The van der Waals surface area contributed by atoms with Gasteiger partial charge in [-0.05, 0) is 23.8 Å². The van der Waals surface area contributed by atoms with Gasteiger partial charge in [0.05, 0.1) is 0 Å². The Bertz CT molecular complexity index is 695. The molecule has 1 aromatic rings. The van der Waals surface area contributed by atoms with Crippen LogP contribution in [0.1, 0.15) is 20.3 Å². The largest absolute Gasteiger partial charge is 0.352 e. The minimum absolute atomic E-state index is 0.210. The topological polar surface area (TPSA) is 113 Å². The predicted octanol–water partition coefficient (Wildman–Crippen LogP) is 0.664. The van der Waals surface area contributed by atoms with Crippen molar-refractivity contribution in [3.05, 3.63) is 17.5 Å². The van der Waals surface area contributed by atoms with Gasteiger partial charge in [-0.2, -0.15) is 4.31 Å². The third-order valence-corrected chi connectivity index (χ3v) is 7.23. The summed E-state index contributed by atoms with van der Waals surface area (Å²) in [5.74, 6) is -0.0121. The van der Waals surface area contributed by atoms with Gasteiger partial charge < -0.3 is 16.0 Å². The number of nitrogens with one attached hydrogen (secondary N) is 1. The summed E-state index contributed by atoms with van der Waals surface area (Å²) in [4.78, 5) is 25.4. The van der Waals surface area contributed by atoms with Gasteiger partial charge in [0.15, 0.2) is 0 Å². The molecule has 10 heteroatoms. The van der Waals surface area contributed by atoms with Crippen molar-refractivity contribution in [3.63, 3.8) is 0 Å². The maximum absolute atomic E-state index is 12.6. The molecule has 1 aliphatic rings. The van der Waals surface area contributed by atoms with E-state index in [1.54, 1.807) is 22.4 Å². The Balaban J connectivity index is 2.00. The average molecular weight is 389 g/mol. The van der Waals surface area contributed by atoms with E-state index in [9.17, 15) is 18.0 Å². The number of primary amides is 1. The molecule has 0 unspecified atom stereocenters. The lowest BCUT2D eigenvalue weighted by Crippen LogP contribution is -2.56. The Morgan fingerprint density at radius 2 is 1.92 bits per heavy atom. The Morgan fingerprint density at radius 1 is 1.28 bits per heavy atom. The molecule has 1 saturated heterocycles. The monoisotopic (exact) mass is 388 g/mol. The van der Waals surface area contributed by atoms with Crippen LogP contribution in [-0.4, -0.2) is 61.8 Å². The number of piperazine rings is 1. The highest BCUT2D eigenvalue weighted by molar-refractivity contribution is 7.91. The fourth-order valence-corrected chi connectivity index (χ4v) is 5.34. The molecule has 1 fully saturated rings. The summed E-state index contributed by atoms with van der Waals surface area (Å²) >= 11 is 1.18. The summed E-state index contributed by atoms with van der Waals surface area (Å²) in [6.45, 7) is 4.95. The molecule has 3 amide bonds. The van der Waals surface area contributed by atoms with Crippen molar-refractivity contribution in [2.75, 3.05) is 26.2 Å². The molecule has 140 valence electrons. The zero-order chi connectivity index (χ0) is 18.6. The Morgan fingerprint density at radius 3 is 2.40 bits per heavy atom. The second-order valence-corrected chi connectivity index (χ2v) is 9.46. The number of carbonyl (C=O) groups excluding carboxylic acids is 2. The van der Waals surface area contributed by atoms with Crippen LogP contribution < -0.4 is 11.1 Å². The standard InChI is InChI=1S/C15H24N4O4S2/c1-11(2)10-12(17-15(16)21)14(20)18-5-7-19(8-6-18)25(22,23)13-4-3-9-24-13/h3-4,9,11-12H,5-8,10H2,1-2H3,(H3,16,17,21)/t12-/m1/s1. The highest BCUT2D eigenvalue weighted by Crippen LogP contribution is 2.22. The third-order valence-electron chi connectivity index (χ3n) is 3.96. The lowest BCUT2D eigenvalue weighted by Gasteiger charge is -2.35. The fraction of sp³-hybridized carbons (Fsp3) is 0.600. The molecule has 0 spiro atoms. The van der Waals surface area contributed by atoms with Crippen molar-refractivity contribution >= 4 is 33.3 Å². The molecule has 1 aliphatic heterocycles. The first kappa shape index (κ1) is 19.7. The first-order valence-corrected chi connectivity index (χ1v) is 10.4. The smallest absolute Gasteiger partial charge is 0.312 e. The summed E-state index contributed by atoms with van der Waals surface area (Å²) < 4.78 is 26.7. The Labute approximate surface area is 152 Å². The maximum atomic E-state index is 12.6. The average Bonchev–Trinajstić information content (AvgIpc) is 3.08. The molecule has 0 bridgehead atoms. The van der Waals surface area contributed by atoms with Gasteiger partial charge >= 0.3 is 6.03 Å². The maximum Gasteiger partial charge on any atom is 0.312 e. The van der Waals surface area contributed by atoms with Gasteiger partial charge in [-0.1, -0.05) is 19.9 Å². The molecule has 1 aromatic heterocycles. The van der Waals surface area contributed by atoms with E-state index in [1.165, 1.54) is 15.6 Å². The minimum Gasteiger partial charge on any atom is -0.352 e. The first-order chi connectivity index (χ1) is 11.7. The normalized spacial score (nSPS) is 17.5. The van der Waals surface area contributed by atoms with E-state index in [2.05, 4.69) is 5.32 Å². The van der Waals surface area contributed by atoms with E-state index in [-0.39, 0.29) is 24.9 Å². The summed E-state index contributed by atoms with van der Waals surface area (Å²) in [7, 11) is -3.50. The molecular formula is C15H24N4O4S2. The first-order valence-electron chi connectivity index (χ1n) is 8.10. The van der Waals surface area contributed by atoms with Crippen LogP contribution in [-0.2, 0) is 14.8 Å². The number of nitrogens with two attached hydrogens (primary N) is 1. The van der Waals surface area contributed by atoms with Gasteiger partial charge in [-0.25, -0.2) is 13.2 Å². The zero-order valence-electron chi connectivity index (χ0n) is 14.3.